The fraction of sp³-hybridized carbons (Fsp3) is 1.00. The van der Waals surface area contributed by atoms with E-state index in [1.165, 1.54) is 44.9 Å². The highest BCUT2D eigenvalue weighted by Gasteiger charge is 2.40. The molecular formula is C15H31NO. The van der Waals surface area contributed by atoms with Crippen LogP contribution >= 0.6 is 0 Å². The van der Waals surface area contributed by atoms with E-state index >= 15 is 0 Å². The molecule has 102 valence electrons. The molecule has 0 spiro atoms. The second-order valence-electron chi connectivity index (χ2n) is 5.86. The fourth-order valence-electron chi connectivity index (χ4n) is 3.30. The lowest BCUT2D eigenvalue weighted by Gasteiger charge is -2.42. The molecule has 1 saturated carbocycles. The van der Waals surface area contributed by atoms with E-state index in [2.05, 4.69) is 26.1 Å². The normalized spacial score (nSPS) is 22.4. The van der Waals surface area contributed by atoms with E-state index in [1.54, 1.807) is 0 Å². The fourth-order valence-corrected chi connectivity index (χ4v) is 3.30. The lowest BCUT2D eigenvalue weighted by atomic mass is 9.80. The Kier molecular flexibility index (Phi) is 6.50. The van der Waals surface area contributed by atoms with Gasteiger partial charge in [0.15, 0.2) is 0 Å². The zero-order chi connectivity index (χ0) is 12.7. The summed E-state index contributed by atoms with van der Waals surface area (Å²) >= 11 is 0. The van der Waals surface area contributed by atoms with Gasteiger partial charge in [0.2, 0.25) is 0 Å². The summed E-state index contributed by atoms with van der Waals surface area (Å²) in [5, 5.41) is 3.73. The first-order valence-electron chi connectivity index (χ1n) is 7.45. The summed E-state index contributed by atoms with van der Waals surface area (Å²) < 4.78 is 6.02. The Balaban J connectivity index is 2.76. The largest absolute Gasteiger partial charge is 0.377 e. The first-order valence-corrected chi connectivity index (χ1v) is 7.45. The van der Waals surface area contributed by atoms with E-state index in [1.807, 2.05) is 7.11 Å². The zero-order valence-corrected chi connectivity index (χ0v) is 12.2. The maximum Gasteiger partial charge on any atom is 0.0833 e. The van der Waals surface area contributed by atoms with Gasteiger partial charge in [-0.3, -0.25) is 0 Å². The van der Waals surface area contributed by atoms with Crippen LogP contribution in [0.3, 0.4) is 0 Å². The van der Waals surface area contributed by atoms with Crippen LogP contribution < -0.4 is 5.32 Å². The molecule has 0 heterocycles. The van der Waals surface area contributed by atoms with Gasteiger partial charge < -0.3 is 10.1 Å². The monoisotopic (exact) mass is 241 g/mol. The van der Waals surface area contributed by atoms with Crippen molar-refractivity contribution in [3.8, 4) is 0 Å². The smallest absolute Gasteiger partial charge is 0.0833 e. The molecule has 0 radical (unpaired) electrons. The summed E-state index contributed by atoms with van der Waals surface area (Å²) in [6.45, 7) is 7.98. The number of ether oxygens (including phenoxy) is 1. The topological polar surface area (TPSA) is 21.3 Å². The first kappa shape index (κ1) is 15.0. The van der Waals surface area contributed by atoms with Crippen LogP contribution in [0.2, 0.25) is 0 Å². The highest BCUT2D eigenvalue weighted by molar-refractivity contribution is 4.96. The summed E-state index contributed by atoms with van der Waals surface area (Å²) in [7, 11) is 1.91. The molecule has 2 nitrogen and oxygen atoms in total. The van der Waals surface area contributed by atoms with Crippen molar-refractivity contribution in [1.29, 1.82) is 0 Å². The predicted octanol–water partition coefficient (Wildman–Crippen LogP) is 3.75. The highest BCUT2D eigenvalue weighted by Crippen LogP contribution is 2.35. The van der Waals surface area contributed by atoms with Gasteiger partial charge >= 0.3 is 0 Å². The van der Waals surface area contributed by atoms with Gasteiger partial charge in [-0.1, -0.05) is 46.5 Å². The van der Waals surface area contributed by atoms with Crippen molar-refractivity contribution in [3.63, 3.8) is 0 Å². The minimum absolute atomic E-state index is 0.0832. The molecule has 0 aromatic carbocycles. The standard InChI is InChI=1S/C15H31NO/c1-5-12-16-14(13(2)3)15(17-4)10-8-6-7-9-11-15/h13-14,16H,5-12H2,1-4H3. The third-order valence-electron chi connectivity index (χ3n) is 4.20. The average molecular weight is 241 g/mol. The molecule has 1 rings (SSSR count). The molecule has 0 aromatic rings. The number of hydrogen-bond acceptors (Lipinski definition) is 2. The lowest BCUT2D eigenvalue weighted by molar-refractivity contribution is -0.0642. The Labute approximate surface area is 108 Å². The Bertz CT molecular complexity index is 195. The van der Waals surface area contributed by atoms with Crippen molar-refractivity contribution in [2.45, 2.75) is 77.4 Å². The van der Waals surface area contributed by atoms with E-state index in [-0.39, 0.29) is 5.60 Å². The predicted molar refractivity (Wildman–Crippen MR) is 74.4 cm³/mol. The van der Waals surface area contributed by atoms with Crippen molar-refractivity contribution in [2.24, 2.45) is 5.92 Å². The molecule has 1 fully saturated rings. The second kappa shape index (κ2) is 7.38. The van der Waals surface area contributed by atoms with Crippen molar-refractivity contribution in [3.05, 3.63) is 0 Å². The molecule has 2 heteroatoms. The van der Waals surface area contributed by atoms with Crippen LogP contribution in [0.15, 0.2) is 0 Å². The molecule has 0 bridgehead atoms. The molecule has 1 unspecified atom stereocenters. The quantitative estimate of drug-likeness (QED) is 0.715. The van der Waals surface area contributed by atoms with Crippen LogP contribution in [-0.4, -0.2) is 25.3 Å². The molecular weight excluding hydrogens is 210 g/mol. The summed E-state index contributed by atoms with van der Waals surface area (Å²) in [6, 6.07) is 0.505. The minimum Gasteiger partial charge on any atom is -0.377 e. The Morgan fingerprint density at radius 1 is 1.12 bits per heavy atom. The highest BCUT2D eigenvalue weighted by atomic mass is 16.5. The Morgan fingerprint density at radius 3 is 2.12 bits per heavy atom. The molecule has 1 aliphatic rings. The number of hydrogen-bond donors (Lipinski definition) is 1. The summed E-state index contributed by atoms with van der Waals surface area (Å²) in [5.41, 5.74) is 0.0832. The van der Waals surface area contributed by atoms with Crippen LogP contribution in [0.25, 0.3) is 0 Å². The van der Waals surface area contributed by atoms with Gasteiger partial charge in [0.05, 0.1) is 5.60 Å². The van der Waals surface area contributed by atoms with Crippen LogP contribution in [0.4, 0.5) is 0 Å². The zero-order valence-electron chi connectivity index (χ0n) is 12.2. The van der Waals surface area contributed by atoms with Gasteiger partial charge in [0, 0.05) is 13.2 Å². The molecule has 1 atom stereocenters. The first-order chi connectivity index (χ1) is 8.16. The van der Waals surface area contributed by atoms with E-state index in [9.17, 15) is 0 Å². The van der Waals surface area contributed by atoms with Crippen molar-refractivity contribution < 1.29 is 4.74 Å². The van der Waals surface area contributed by atoms with Crippen LogP contribution in [0.1, 0.15) is 65.7 Å². The van der Waals surface area contributed by atoms with Gasteiger partial charge in [0.1, 0.15) is 0 Å². The van der Waals surface area contributed by atoms with Crippen molar-refractivity contribution in [2.75, 3.05) is 13.7 Å². The second-order valence-corrected chi connectivity index (χ2v) is 5.86. The molecule has 1 N–H and O–H groups in total. The summed E-state index contributed by atoms with van der Waals surface area (Å²) in [5.74, 6) is 0.639. The van der Waals surface area contributed by atoms with Gasteiger partial charge in [-0.05, 0) is 31.7 Å². The van der Waals surface area contributed by atoms with Crippen LogP contribution in [0, 0.1) is 5.92 Å². The Hall–Kier alpha value is -0.0800. The van der Waals surface area contributed by atoms with Gasteiger partial charge in [-0.2, -0.15) is 0 Å². The third-order valence-corrected chi connectivity index (χ3v) is 4.20. The van der Waals surface area contributed by atoms with Crippen LogP contribution in [0.5, 0.6) is 0 Å². The van der Waals surface area contributed by atoms with E-state index in [4.69, 9.17) is 4.74 Å². The molecule has 0 aliphatic heterocycles. The van der Waals surface area contributed by atoms with E-state index < -0.39 is 0 Å². The number of methoxy groups -OCH3 is 1. The maximum atomic E-state index is 6.02. The summed E-state index contributed by atoms with van der Waals surface area (Å²) in [4.78, 5) is 0. The average Bonchev–Trinajstić information content (AvgIpc) is 2.55. The minimum atomic E-state index is 0.0832. The Morgan fingerprint density at radius 2 is 1.71 bits per heavy atom. The van der Waals surface area contributed by atoms with Crippen molar-refractivity contribution in [1.82, 2.24) is 5.32 Å². The van der Waals surface area contributed by atoms with Gasteiger partial charge in [0.25, 0.3) is 0 Å². The van der Waals surface area contributed by atoms with E-state index in [0.717, 1.165) is 6.54 Å². The molecule has 1 aliphatic carbocycles. The van der Waals surface area contributed by atoms with E-state index in [0.29, 0.717) is 12.0 Å². The number of rotatable bonds is 6. The van der Waals surface area contributed by atoms with Crippen molar-refractivity contribution >= 4 is 0 Å². The number of nitrogens with one attached hydrogen (secondary N) is 1. The maximum absolute atomic E-state index is 6.02. The van der Waals surface area contributed by atoms with Gasteiger partial charge in [-0.15, -0.1) is 0 Å². The molecule has 17 heavy (non-hydrogen) atoms. The summed E-state index contributed by atoms with van der Waals surface area (Å²) in [6.07, 6.45) is 9.05. The molecule has 0 amide bonds. The third kappa shape index (κ3) is 3.96. The lowest BCUT2D eigenvalue weighted by Crippen LogP contribution is -2.54. The molecule has 0 saturated heterocycles. The van der Waals surface area contributed by atoms with Gasteiger partial charge in [-0.25, -0.2) is 0 Å². The van der Waals surface area contributed by atoms with Crippen LogP contribution in [-0.2, 0) is 4.74 Å². The molecule has 0 aromatic heterocycles. The SMILES string of the molecule is CCCNC(C(C)C)C1(OC)CCCCCC1.